The van der Waals surface area contributed by atoms with Crippen molar-refractivity contribution in [2.75, 3.05) is 11.4 Å². The summed E-state index contributed by atoms with van der Waals surface area (Å²) in [6.45, 7) is 2.65. The number of halogens is 4. The van der Waals surface area contributed by atoms with Gasteiger partial charge in [0.1, 0.15) is 0 Å². The molecule has 1 N–H and O–H groups in total. The molecule has 2 heterocycles. The average molecular weight is 385 g/mol. The van der Waals surface area contributed by atoms with Crippen molar-refractivity contribution < 1.29 is 23.1 Å². The lowest BCUT2D eigenvalue weighted by molar-refractivity contribution is -0.259. The van der Waals surface area contributed by atoms with Gasteiger partial charge in [0.2, 0.25) is 5.91 Å². The third-order valence-electron chi connectivity index (χ3n) is 4.58. The number of hydrogen-bond donors (Lipinski definition) is 1. The molecule has 138 valence electrons. The summed E-state index contributed by atoms with van der Waals surface area (Å²) in [6, 6.07) is 4.62. The van der Waals surface area contributed by atoms with E-state index in [2.05, 4.69) is 4.98 Å². The molecule has 1 amide bonds. The second kappa shape index (κ2) is 6.25. The number of hydrogen-bond acceptors (Lipinski definition) is 3. The molecule has 0 radical (unpaired) electrons. The summed E-state index contributed by atoms with van der Waals surface area (Å²) in [4.78, 5) is 17.1. The van der Waals surface area contributed by atoms with Gasteiger partial charge in [0.25, 0.3) is 0 Å². The van der Waals surface area contributed by atoms with E-state index < -0.39 is 11.8 Å². The molecule has 1 aromatic heterocycles. The van der Waals surface area contributed by atoms with Gasteiger partial charge in [-0.2, -0.15) is 13.2 Å². The van der Waals surface area contributed by atoms with E-state index in [1.54, 1.807) is 17.0 Å². The predicted molar refractivity (Wildman–Crippen MR) is 92.0 cm³/mol. The lowest BCUT2D eigenvalue weighted by Gasteiger charge is -2.26. The maximum Gasteiger partial charge on any atom is 0.421 e. The van der Waals surface area contributed by atoms with Gasteiger partial charge in [0, 0.05) is 37.0 Å². The number of amides is 1. The highest BCUT2D eigenvalue weighted by molar-refractivity contribution is 6.34. The van der Waals surface area contributed by atoms with Crippen LogP contribution in [0.25, 0.3) is 11.1 Å². The van der Waals surface area contributed by atoms with E-state index in [4.69, 9.17) is 11.6 Å². The number of benzene rings is 1. The summed E-state index contributed by atoms with van der Waals surface area (Å²) in [5, 5.41) is 10.2. The number of pyridine rings is 1. The number of alkyl halides is 3. The fraction of sp³-hybridized carbons (Fsp3) is 0.333. The number of anilines is 1. The standard InChI is InChI=1S/C18H16ClF3N2O2/c1-10(25)24-4-3-11-5-12(7-15(19)16(11)24)13-6-14(9-23-8-13)17(2,26)18(20,21)22/h5-9,26H,3-4H2,1-2H3/t17-/m1/s1. The fourth-order valence-corrected chi connectivity index (χ4v) is 3.34. The van der Waals surface area contributed by atoms with Gasteiger partial charge in [0.05, 0.1) is 10.7 Å². The second-order valence-electron chi connectivity index (χ2n) is 6.42. The molecule has 0 fully saturated rings. The first-order valence-corrected chi connectivity index (χ1v) is 8.25. The summed E-state index contributed by atoms with van der Waals surface area (Å²) in [5.74, 6) is -0.122. The summed E-state index contributed by atoms with van der Waals surface area (Å²) in [5.41, 5.74) is -0.916. The maximum absolute atomic E-state index is 13.1. The molecule has 3 rings (SSSR count). The van der Waals surface area contributed by atoms with E-state index in [0.29, 0.717) is 41.7 Å². The lowest BCUT2D eigenvalue weighted by atomic mass is 9.94. The van der Waals surface area contributed by atoms with Crippen LogP contribution in [0.5, 0.6) is 0 Å². The lowest BCUT2D eigenvalue weighted by Crippen LogP contribution is -2.39. The zero-order chi connectivity index (χ0) is 19.3. The Morgan fingerprint density at radius 1 is 1.23 bits per heavy atom. The largest absolute Gasteiger partial charge is 0.421 e. The molecule has 8 heteroatoms. The van der Waals surface area contributed by atoms with Gasteiger partial charge in [-0.05, 0) is 42.7 Å². The highest BCUT2D eigenvalue weighted by atomic mass is 35.5. The smallest absolute Gasteiger partial charge is 0.376 e. The van der Waals surface area contributed by atoms with E-state index in [1.165, 1.54) is 19.2 Å². The zero-order valence-corrected chi connectivity index (χ0v) is 14.8. The van der Waals surface area contributed by atoms with Gasteiger partial charge in [0.15, 0.2) is 5.60 Å². The SMILES string of the molecule is CC(=O)N1CCc2cc(-c3cncc([C@@](C)(O)C(F)(F)F)c3)cc(Cl)c21. The molecule has 0 bridgehead atoms. The highest BCUT2D eigenvalue weighted by Crippen LogP contribution is 2.41. The minimum absolute atomic E-state index is 0.122. The van der Waals surface area contributed by atoms with Crippen LogP contribution in [0.3, 0.4) is 0 Å². The number of fused-ring (bicyclic) bond motifs is 1. The third kappa shape index (κ3) is 3.05. The Labute approximate surface area is 153 Å². The van der Waals surface area contributed by atoms with Crippen LogP contribution in [0.15, 0.2) is 30.6 Å². The van der Waals surface area contributed by atoms with Gasteiger partial charge >= 0.3 is 6.18 Å². The Morgan fingerprint density at radius 3 is 2.54 bits per heavy atom. The summed E-state index contributed by atoms with van der Waals surface area (Å²) in [7, 11) is 0. The first-order chi connectivity index (χ1) is 12.0. The summed E-state index contributed by atoms with van der Waals surface area (Å²) >= 11 is 6.32. The van der Waals surface area contributed by atoms with Crippen LogP contribution in [0.2, 0.25) is 5.02 Å². The number of aliphatic hydroxyl groups is 1. The number of rotatable bonds is 2. The predicted octanol–water partition coefficient (Wildman–Crippen LogP) is 4.08. The van der Waals surface area contributed by atoms with Gasteiger partial charge in [-0.1, -0.05) is 11.6 Å². The maximum atomic E-state index is 13.1. The third-order valence-corrected chi connectivity index (χ3v) is 4.87. The Morgan fingerprint density at radius 2 is 1.92 bits per heavy atom. The van der Waals surface area contributed by atoms with Crippen molar-refractivity contribution in [3.8, 4) is 11.1 Å². The second-order valence-corrected chi connectivity index (χ2v) is 6.83. The molecule has 2 aromatic rings. The van der Waals surface area contributed by atoms with E-state index >= 15 is 0 Å². The van der Waals surface area contributed by atoms with Crippen LogP contribution in [-0.2, 0) is 16.8 Å². The highest BCUT2D eigenvalue weighted by Gasteiger charge is 2.51. The summed E-state index contributed by atoms with van der Waals surface area (Å²) in [6.07, 6.45) is -1.82. The Balaban J connectivity index is 2.06. The van der Waals surface area contributed by atoms with Gasteiger partial charge in [-0.3, -0.25) is 9.78 Å². The van der Waals surface area contributed by atoms with Crippen molar-refractivity contribution in [1.82, 2.24) is 4.98 Å². The minimum Gasteiger partial charge on any atom is -0.376 e. The molecule has 4 nitrogen and oxygen atoms in total. The van der Waals surface area contributed by atoms with Crippen molar-refractivity contribution in [3.05, 3.63) is 46.7 Å². The number of nitrogens with zero attached hydrogens (tertiary/aromatic N) is 2. The van der Waals surface area contributed by atoms with Crippen LogP contribution < -0.4 is 4.90 Å². The van der Waals surface area contributed by atoms with Crippen molar-refractivity contribution in [1.29, 1.82) is 0 Å². The molecule has 1 aliphatic heterocycles. The van der Waals surface area contributed by atoms with Crippen molar-refractivity contribution in [2.45, 2.75) is 32.0 Å². The monoisotopic (exact) mass is 384 g/mol. The quantitative estimate of drug-likeness (QED) is 0.848. The zero-order valence-electron chi connectivity index (χ0n) is 14.1. The molecule has 0 unspecified atom stereocenters. The molecular formula is C18H16ClF3N2O2. The minimum atomic E-state index is -4.83. The molecule has 1 aliphatic rings. The number of carbonyl (C=O) groups is 1. The van der Waals surface area contributed by atoms with E-state index in [-0.39, 0.29) is 11.5 Å². The average Bonchev–Trinajstić information content (AvgIpc) is 2.98. The molecule has 0 spiro atoms. The van der Waals surface area contributed by atoms with Gasteiger partial charge in [-0.25, -0.2) is 0 Å². The molecule has 1 aromatic carbocycles. The molecule has 0 saturated heterocycles. The fourth-order valence-electron chi connectivity index (χ4n) is 3.00. The molecule has 1 atom stereocenters. The van der Waals surface area contributed by atoms with Crippen LogP contribution in [0, 0.1) is 0 Å². The Hall–Kier alpha value is -2.12. The number of carbonyl (C=O) groups excluding carboxylic acids is 1. The van der Waals surface area contributed by atoms with E-state index in [0.717, 1.165) is 11.8 Å². The van der Waals surface area contributed by atoms with Crippen LogP contribution in [0.4, 0.5) is 18.9 Å². The van der Waals surface area contributed by atoms with E-state index in [9.17, 15) is 23.1 Å². The van der Waals surface area contributed by atoms with Crippen LogP contribution in [0.1, 0.15) is 25.0 Å². The van der Waals surface area contributed by atoms with Crippen LogP contribution >= 0.6 is 11.6 Å². The van der Waals surface area contributed by atoms with Gasteiger partial charge in [-0.15, -0.1) is 0 Å². The molecule has 0 aliphatic carbocycles. The number of aromatic nitrogens is 1. The molecular weight excluding hydrogens is 369 g/mol. The van der Waals surface area contributed by atoms with Gasteiger partial charge < -0.3 is 10.0 Å². The normalized spacial score (nSPS) is 16.3. The van der Waals surface area contributed by atoms with Crippen LogP contribution in [-0.4, -0.2) is 28.7 Å². The summed E-state index contributed by atoms with van der Waals surface area (Å²) < 4.78 is 39.2. The van der Waals surface area contributed by atoms with Crippen molar-refractivity contribution in [3.63, 3.8) is 0 Å². The topological polar surface area (TPSA) is 53.4 Å². The molecule has 26 heavy (non-hydrogen) atoms. The Bertz CT molecular complexity index is 881. The van der Waals surface area contributed by atoms with Crippen molar-refractivity contribution in [2.24, 2.45) is 0 Å². The molecule has 0 saturated carbocycles. The first-order valence-electron chi connectivity index (χ1n) is 7.88. The van der Waals surface area contributed by atoms with Crippen molar-refractivity contribution >= 4 is 23.2 Å². The van der Waals surface area contributed by atoms with E-state index in [1.807, 2.05) is 0 Å². The Kier molecular flexibility index (Phi) is 4.48. The first kappa shape index (κ1) is 18.7.